The number of carbonyl (C=O) groups is 1. The molecule has 0 bridgehead atoms. The highest BCUT2D eigenvalue weighted by Gasteiger charge is 2.25. The molecule has 0 aromatic heterocycles. The van der Waals surface area contributed by atoms with Crippen molar-refractivity contribution in [1.29, 1.82) is 0 Å². The molecule has 0 aromatic rings. The molecule has 100 valence electrons. The Balaban J connectivity index is 2.30. The van der Waals surface area contributed by atoms with Crippen LogP contribution in [0.2, 0.25) is 0 Å². The molecular weight excluding hydrogens is 216 g/mol. The van der Waals surface area contributed by atoms with Crippen molar-refractivity contribution in [2.24, 2.45) is 17.6 Å². The average molecular weight is 242 g/mol. The third-order valence-electron chi connectivity index (χ3n) is 3.73. The van der Waals surface area contributed by atoms with E-state index in [0.29, 0.717) is 37.9 Å². The molecule has 17 heavy (non-hydrogen) atoms. The van der Waals surface area contributed by atoms with Gasteiger partial charge in [-0.1, -0.05) is 13.8 Å². The van der Waals surface area contributed by atoms with Crippen LogP contribution in [-0.4, -0.2) is 41.7 Å². The molecule has 1 aliphatic rings. The van der Waals surface area contributed by atoms with E-state index in [2.05, 4.69) is 13.8 Å². The van der Waals surface area contributed by atoms with E-state index in [0.717, 1.165) is 19.3 Å². The second-order valence-electron chi connectivity index (χ2n) is 5.40. The van der Waals surface area contributed by atoms with Crippen LogP contribution in [0, 0.1) is 11.8 Å². The maximum atomic E-state index is 11.9. The highest BCUT2D eigenvalue weighted by molar-refractivity contribution is 5.76. The molecule has 1 fully saturated rings. The summed E-state index contributed by atoms with van der Waals surface area (Å²) in [6, 6.07) is 0. The lowest BCUT2D eigenvalue weighted by Crippen LogP contribution is -2.30. The van der Waals surface area contributed by atoms with Gasteiger partial charge in [0.25, 0.3) is 0 Å². The number of aliphatic hydroxyl groups is 1. The van der Waals surface area contributed by atoms with Gasteiger partial charge in [-0.15, -0.1) is 0 Å². The molecule has 4 heteroatoms. The number of hydrogen-bond acceptors (Lipinski definition) is 3. The fraction of sp³-hybridized carbons (Fsp3) is 0.923. The van der Waals surface area contributed by atoms with Gasteiger partial charge >= 0.3 is 0 Å². The van der Waals surface area contributed by atoms with Gasteiger partial charge in [-0.05, 0) is 37.6 Å². The Hall–Kier alpha value is -0.610. The second-order valence-corrected chi connectivity index (χ2v) is 5.40. The summed E-state index contributed by atoms with van der Waals surface area (Å²) in [6.45, 7) is 6.29. The molecule has 0 aromatic carbocycles. The Morgan fingerprint density at radius 2 is 2.18 bits per heavy atom. The molecule has 0 saturated carbocycles. The maximum Gasteiger partial charge on any atom is 0.222 e. The van der Waals surface area contributed by atoms with Crippen molar-refractivity contribution in [3.63, 3.8) is 0 Å². The van der Waals surface area contributed by atoms with Crippen molar-refractivity contribution < 1.29 is 9.90 Å². The molecule has 1 aliphatic heterocycles. The summed E-state index contributed by atoms with van der Waals surface area (Å²) in [5.74, 6) is 1.30. The van der Waals surface area contributed by atoms with Crippen molar-refractivity contribution in [3.05, 3.63) is 0 Å². The third kappa shape index (κ3) is 4.64. The number of rotatable bonds is 6. The van der Waals surface area contributed by atoms with E-state index in [1.165, 1.54) is 0 Å². The summed E-state index contributed by atoms with van der Waals surface area (Å²) in [6.07, 6.45) is 2.91. The fourth-order valence-corrected chi connectivity index (χ4v) is 2.46. The van der Waals surface area contributed by atoms with E-state index in [1.54, 1.807) is 4.90 Å². The number of carbonyl (C=O) groups excluding carboxylic acids is 1. The van der Waals surface area contributed by atoms with Crippen LogP contribution < -0.4 is 5.73 Å². The largest absolute Gasteiger partial charge is 0.391 e. The van der Waals surface area contributed by atoms with Crippen LogP contribution in [-0.2, 0) is 4.79 Å². The number of likely N-dealkylation sites (tertiary alicyclic amines) is 1. The summed E-state index contributed by atoms with van der Waals surface area (Å²) in [7, 11) is 0. The first-order valence-electron chi connectivity index (χ1n) is 6.70. The van der Waals surface area contributed by atoms with Crippen LogP contribution in [0.25, 0.3) is 0 Å². The number of amides is 1. The van der Waals surface area contributed by atoms with E-state index < -0.39 is 0 Å². The zero-order valence-electron chi connectivity index (χ0n) is 11.1. The highest BCUT2D eigenvalue weighted by Crippen LogP contribution is 2.21. The van der Waals surface area contributed by atoms with Gasteiger partial charge < -0.3 is 15.7 Å². The standard InChI is InChI=1S/C13H26N2O2/c1-10(2)11(5-7-14)3-4-13(17)15-8-6-12(16)9-15/h10-12,16H,3-9,14H2,1-2H3/t11?,12-/m0/s1. The lowest BCUT2D eigenvalue weighted by atomic mass is 9.88. The summed E-state index contributed by atoms with van der Waals surface area (Å²) in [4.78, 5) is 13.7. The Labute approximate surface area is 104 Å². The van der Waals surface area contributed by atoms with Crippen LogP contribution in [0.5, 0.6) is 0 Å². The van der Waals surface area contributed by atoms with Crippen LogP contribution in [0.15, 0.2) is 0 Å². The van der Waals surface area contributed by atoms with Crippen molar-refractivity contribution in [3.8, 4) is 0 Å². The lowest BCUT2D eigenvalue weighted by Gasteiger charge is -2.21. The van der Waals surface area contributed by atoms with Gasteiger partial charge in [-0.2, -0.15) is 0 Å². The molecule has 1 saturated heterocycles. The number of β-amino-alcohol motifs (C(OH)–C–C–N with tert-alkyl or cyclic N) is 1. The van der Waals surface area contributed by atoms with Crippen LogP contribution >= 0.6 is 0 Å². The molecule has 2 atom stereocenters. The normalized spacial score (nSPS) is 22.2. The van der Waals surface area contributed by atoms with Crippen LogP contribution in [0.1, 0.15) is 39.5 Å². The quantitative estimate of drug-likeness (QED) is 0.729. The van der Waals surface area contributed by atoms with Crippen LogP contribution in [0.3, 0.4) is 0 Å². The minimum atomic E-state index is -0.316. The van der Waals surface area contributed by atoms with Crippen molar-refractivity contribution in [2.45, 2.75) is 45.6 Å². The molecule has 1 rings (SSSR count). The van der Waals surface area contributed by atoms with Crippen molar-refractivity contribution in [1.82, 2.24) is 4.90 Å². The third-order valence-corrected chi connectivity index (χ3v) is 3.73. The Kier molecular flexibility index (Phi) is 5.92. The summed E-state index contributed by atoms with van der Waals surface area (Å²) in [5.41, 5.74) is 5.59. The Bertz CT molecular complexity index is 244. The first-order chi connectivity index (χ1) is 8.04. The minimum Gasteiger partial charge on any atom is -0.391 e. The molecular formula is C13H26N2O2. The number of aliphatic hydroxyl groups excluding tert-OH is 1. The molecule has 0 aliphatic carbocycles. The monoisotopic (exact) mass is 242 g/mol. The van der Waals surface area contributed by atoms with Gasteiger partial charge in [0, 0.05) is 19.5 Å². The number of nitrogens with two attached hydrogens (primary N) is 1. The molecule has 1 unspecified atom stereocenters. The van der Waals surface area contributed by atoms with E-state index >= 15 is 0 Å². The fourth-order valence-electron chi connectivity index (χ4n) is 2.46. The highest BCUT2D eigenvalue weighted by atomic mass is 16.3. The predicted octanol–water partition coefficient (Wildman–Crippen LogP) is 0.981. The Morgan fingerprint density at radius 1 is 1.47 bits per heavy atom. The topological polar surface area (TPSA) is 66.6 Å². The van der Waals surface area contributed by atoms with Gasteiger partial charge in [-0.3, -0.25) is 4.79 Å². The zero-order chi connectivity index (χ0) is 12.8. The van der Waals surface area contributed by atoms with Gasteiger partial charge in [0.15, 0.2) is 0 Å². The summed E-state index contributed by atoms with van der Waals surface area (Å²) < 4.78 is 0. The van der Waals surface area contributed by atoms with E-state index in [9.17, 15) is 9.90 Å². The van der Waals surface area contributed by atoms with Crippen LogP contribution in [0.4, 0.5) is 0 Å². The zero-order valence-corrected chi connectivity index (χ0v) is 11.1. The van der Waals surface area contributed by atoms with Gasteiger partial charge in [0.05, 0.1) is 6.10 Å². The first kappa shape index (κ1) is 14.5. The smallest absolute Gasteiger partial charge is 0.222 e. The molecule has 4 nitrogen and oxygen atoms in total. The van der Waals surface area contributed by atoms with Gasteiger partial charge in [-0.25, -0.2) is 0 Å². The van der Waals surface area contributed by atoms with E-state index in [1.807, 2.05) is 0 Å². The van der Waals surface area contributed by atoms with Gasteiger partial charge in [0.1, 0.15) is 0 Å². The average Bonchev–Trinajstić information content (AvgIpc) is 2.70. The summed E-state index contributed by atoms with van der Waals surface area (Å²) in [5, 5.41) is 9.39. The van der Waals surface area contributed by atoms with Crippen molar-refractivity contribution in [2.75, 3.05) is 19.6 Å². The molecule has 0 radical (unpaired) electrons. The Morgan fingerprint density at radius 3 is 2.65 bits per heavy atom. The summed E-state index contributed by atoms with van der Waals surface area (Å²) >= 11 is 0. The molecule has 1 heterocycles. The number of hydrogen-bond donors (Lipinski definition) is 2. The molecule has 1 amide bonds. The number of nitrogens with zero attached hydrogens (tertiary/aromatic N) is 1. The van der Waals surface area contributed by atoms with Crippen molar-refractivity contribution >= 4 is 5.91 Å². The second kappa shape index (κ2) is 6.97. The molecule has 0 spiro atoms. The minimum absolute atomic E-state index is 0.184. The van der Waals surface area contributed by atoms with E-state index in [4.69, 9.17) is 5.73 Å². The maximum absolute atomic E-state index is 11.9. The van der Waals surface area contributed by atoms with Gasteiger partial charge in [0.2, 0.25) is 5.91 Å². The molecule has 3 N–H and O–H groups in total. The lowest BCUT2D eigenvalue weighted by molar-refractivity contribution is -0.130. The first-order valence-corrected chi connectivity index (χ1v) is 6.70. The van der Waals surface area contributed by atoms with E-state index in [-0.39, 0.29) is 12.0 Å². The SMILES string of the molecule is CC(C)C(CCN)CCC(=O)N1CC[C@H](O)C1. The predicted molar refractivity (Wildman–Crippen MR) is 68.4 cm³/mol.